The summed E-state index contributed by atoms with van der Waals surface area (Å²) in [5.74, 6) is -0.534. The normalized spacial score (nSPS) is 10.6. The van der Waals surface area contributed by atoms with Gasteiger partial charge in [0.25, 0.3) is 5.91 Å². The van der Waals surface area contributed by atoms with Crippen molar-refractivity contribution in [3.05, 3.63) is 64.4 Å². The lowest BCUT2D eigenvalue weighted by Gasteiger charge is -2.08. The Bertz CT molecular complexity index is 730. The highest BCUT2D eigenvalue weighted by atomic mass is 35.5. The summed E-state index contributed by atoms with van der Waals surface area (Å²) in [5, 5.41) is 3.11. The minimum atomic E-state index is -0.679. The number of esters is 1. The van der Waals surface area contributed by atoms with Crippen LogP contribution >= 0.6 is 11.6 Å². The standard InChI is InChI=1S/C19H21ClN2O3/c1-13(2)15-5-3-14(4-6-15)7-9-22-18(23)12-25-19(24)17-11-16(20)8-10-21-17/h3-6,8,10-11,13H,7,9,12H2,1-2H3,(H,22,23). The zero-order valence-corrected chi connectivity index (χ0v) is 15.0. The molecule has 0 unspecified atom stereocenters. The topological polar surface area (TPSA) is 68.3 Å². The molecule has 5 nitrogen and oxygen atoms in total. The van der Waals surface area contributed by atoms with Crippen LogP contribution in [-0.4, -0.2) is 30.0 Å². The van der Waals surface area contributed by atoms with Crippen molar-refractivity contribution in [3.8, 4) is 0 Å². The molecular weight excluding hydrogens is 340 g/mol. The monoisotopic (exact) mass is 360 g/mol. The first-order valence-electron chi connectivity index (χ1n) is 8.10. The third-order valence-corrected chi connectivity index (χ3v) is 3.88. The van der Waals surface area contributed by atoms with Gasteiger partial charge in [-0.15, -0.1) is 0 Å². The predicted molar refractivity (Wildman–Crippen MR) is 96.8 cm³/mol. The summed E-state index contributed by atoms with van der Waals surface area (Å²) in [7, 11) is 0. The van der Waals surface area contributed by atoms with Gasteiger partial charge < -0.3 is 10.1 Å². The van der Waals surface area contributed by atoms with E-state index in [1.54, 1.807) is 6.07 Å². The number of amides is 1. The van der Waals surface area contributed by atoms with E-state index in [2.05, 4.69) is 48.4 Å². The fraction of sp³-hybridized carbons (Fsp3) is 0.316. The number of aromatic nitrogens is 1. The number of hydrogen-bond acceptors (Lipinski definition) is 4. The van der Waals surface area contributed by atoms with Crippen LogP contribution < -0.4 is 5.32 Å². The molecule has 1 heterocycles. The van der Waals surface area contributed by atoms with Gasteiger partial charge in [0.15, 0.2) is 6.61 Å². The molecule has 0 aliphatic carbocycles. The maximum absolute atomic E-state index is 11.8. The Balaban J connectivity index is 1.71. The molecule has 6 heteroatoms. The van der Waals surface area contributed by atoms with E-state index in [0.717, 1.165) is 5.56 Å². The molecule has 1 aromatic carbocycles. The fourth-order valence-electron chi connectivity index (χ4n) is 2.19. The van der Waals surface area contributed by atoms with Gasteiger partial charge in [0.05, 0.1) is 0 Å². The maximum Gasteiger partial charge on any atom is 0.357 e. The zero-order valence-electron chi connectivity index (χ0n) is 14.3. The van der Waals surface area contributed by atoms with Crippen LogP contribution in [-0.2, 0) is 16.0 Å². The highest BCUT2D eigenvalue weighted by Gasteiger charge is 2.11. The summed E-state index contributed by atoms with van der Waals surface area (Å²) in [6.07, 6.45) is 2.12. The largest absolute Gasteiger partial charge is 0.451 e. The van der Waals surface area contributed by atoms with Crippen LogP contribution in [0.3, 0.4) is 0 Å². The molecule has 0 saturated carbocycles. The molecule has 2 aromatic rings. The lowest BCUT2D eigenvalue weighted by atomic mass is 10.0. The number of nitrogens with one attached hydrogen (secondary N) is 1. The number of pyridine rings is 1. The third-order valence-electron chi connectivity index (χ3n) is 3.65. The van der Waals surface area contributed by atoms with Crippen LogP contribution in [0.15, 0.2) is 42.6 Å². The van der Waals surface area contributed by atoms with Gasteiger partial charge in [-0.05, 0) is 35.6 Å². The number of hydrogen-bond donors (Lipinski definition) is 1. The first kappa shape index (κ1) is 18.9. The van der Waals surface area contributed by atoms with Crippen molar-refractivity contribution < 1.29 is 14.3 Å². The third kappa shape index (κ3) is 6.19. The summed E-state index contributed by atoms with van der Waals surface area (Å²) < 4.78 is 4.92. The molecule has 0 bridgehead atoms. The molecule has 1 amide bonds. The van der Waals surface area contributed by atoms with Crippen molar-refractivity contribution in [2.75, 3.05) is 13.2 Å². The Kier molecular flexibility index (Phi) is 6.95. The van der Waals surface area contributed by atoms with E-state index < -0.39 is 5.97 Å². The molecule has 0 aliphatic rings. The van der Waals surface area contributed by atoms with Crippen LogP contribution in [0.1, 0.15) is 41.4 Å². The van der Waals surface area contributed by atoms with Crippen molar-refractivity contribution in [3.63, 3.8) is 0 Å². The molecule has 0 spiro atoms. The number of carbonyl (C=O) groups is 2. The number of ether oxygens (including phenoxy) is 1. The molecule has 25 heavy (non-hydrogen) atoms. The van der Waals surface area contributed by atoms with E-state index in [1.807, 2.05) is 0 Å². The molecule has 0 aliphatic heterocycles. The number of benzene rings is 1. The number of carbonyl (C=O) groups excluding carboxylic acids is 2. The minimum absolute atomic E-state index is 0.0746. The maximum atomic E-state index is 11.8. The van der Waals surface area contributed by atoms with Crippen molar-refractivity contribution >= 4 is 23.5 Å². The average molecular weight is 361 g/mol. The minimum Gasteiger partial charge on any atom is -0.451 e. The van der Waals surface area contributed by atoms with Gasteiger partial charge in [-0.25, -0.2) is 9.78 Å². The van der Waals surface area contributed by atoms with Gasteiger partial charge in [0, 0.05) is 17.8 Å². The Morgan fingerprint density at radius 3 is 2.56 bits per heavy atom. The molecule has 1 aromatic heterocycles. The lowest BCUT2D eigenvalue weighted by Crippen LogP contribution is -2.30. The molecular formula is C19H21ClN2O3. The van der Waals surface area contributed by atoms with Crippen LogP contribution in [0, 0.1) is 0 Å². The van der Waals surface area contributed by atoms with Crippen LogP contribution in [0.25, 0.3) is 0 Å². The highest BCUT2D eigenvalue weighted by Crippen LogP contribution is 2.14. The fourth-order valence-corrected chi connectivity index (χ4v) is 2.35. The van der Waals surface area contributed by atoms with Gasteiger partial charge in [0.1, 0.15) is 5.69 Å². The van der Waals surface area contributed by atoms with E-state index in [1.165, 1.54) is 17.8 Å². The second kappa shape index (κ2) is 9.18. The van der Waals surface area contributed by atoms with Crippen molar-refractivity contribution in [1.29, 1.82) is 0 Å². The van der Waals surface area contributed by atoms with E-state index in [9.17, 15) is 9.59 Å². The second-order valence-corrected chi connectivity index (χ2v) is 6.37. The molecule has 0 radical (unpaired) electrons. The second-order valence-electron chi connectivity index (χ2n) is 5.93. The summed E-state index contributed by atoms with van der Waals surface area (Å²) in [5.41, 5.74) is 2.50. The summed E-state index contributed by atoms with van der Waals surface area (Å²) in [6.45, 7) is 4.43. The Morgan fingerprint density at radius 2 is 1.92 bits per heavy atom. The van der Waals surface area contributed by atoms with E-state index >= 15 is 0 Å². The van der Waals surface area contributed by atoms with Crippen LogP contribution in [0.2, 0.25) is 5.02 Å². The highest BCUT2D eigenvalue weighted by molar-refractivity contribution is 6.30. The number of rotatable bonds is 7. The molecule has 132 valence electrons. The lowest BCUT2D eigenvalue weighted by molar-refractivity contribution is -0.124. The molecule has 1 N–H and O–H groups in total. The predicted octanol–water partition coefficient (Wildman–Crippen LogP) is 3.37. The van der Waals surface area contributed by atoms with E-state index in [0.29, 0.717) is 23.9 Å². The molecule has 0 atom stereocenters. The summed E-state index contributed by atoms with van der Waals surface area (Å²) >= 11 is 5.78. The zero-order chi connectivity index (χ0) is 18.2. The summed E-state index contributed by atoms with van der Waals surface area (Å²) in [4.78, 5) is 27.4. The van der Waals surface area contributed by atoms with Crippen molar-refractivity contribution in [1.82, 2.24) is 10.3 Å². The van der Waals surface area contributed by atoms with Gasteiger partial charge in [-0.2, -0.15) is 0 Å². The van der Waals surface area contributed by atoms with E-state index in [-0.39, 0.29) is 18.2 Å². The first-order chi connectivity index (χ1) is 12.0. The first-order valence-corrected chi connectivity index (χ1v) is 8.47. The van der Waals surface area contributed by atoms with E-state index in [4.69, 9.17) is 16.3 Å². The van der Waals surface area contributed by atoms with Gasteiger partial charge in [0.2, 0.25) is 0 Å². The Morgan fingerprint density at radius 1 is 1.20 bits per heavy atom. The van der Waals surface area contributed by atoms with Gasteiger partial charge in [-0.3, -0.25) is 4.79 Å². The van der Waals surface area contributed by atoms with Crippen molar-refractivity contribution in [2.24, 2.45) is 0 Å². The van der Waals surface area contributed by atoms with Crippen LogP contribution in [0.5, 0.6) is 0 Å². The Hall–Kier alpha value is -2.40. The van der Waals surface area contributed by atoms with Crippen LogP contribution in [0.4, 0.5) is 0 Å². The SMILES string of the molecule is CC(C)c1ccc(CCNC(=O)COC(=O)c2cc(Cl)ccn2)cc1. The number of nitrogens with zero attached hydrogens (tertiary/aromatic N) is 1. The Labute approximate surface area is 152 Å². The molecule has 0 saturated heterocycles. The molecule has 2 rings (SSSR count). The smallest absolute Gasteiger partial charge is 0.357 e. The van der Waals surface area contributed by atoms with Gasteiger partial charge >= 0.3 is 5.97 Å². The number of halogens is 1. The summed E-state index contributed by atoms with van der Waals surface area (Å²) in [6, 6.07) is 11.3. The quantitative estimate of drug-likeness (QED) is 0.768. The molecule has 0 fully saturated rings. The van der Waals surface area contributed by atoms with Gasteiger partial charge in [-0.1, -0.05) is 49.7 Å². The average Bonchev–Trinajstić information content (AvgIpc) is 2.60. The van der Waals surface area contributed by atoms with Crippen molar-refractivity contribution in [2.45, 2.75) is 26.2 Å².